The Bertz CT molecular complexity index is 581. The highest BCUT2D eigenvalue weighted by molar-refractivity contribution is 5.90. The lowest BCUT2D eigenvalue weighted by molar-refractivity contribution is -0.384. The number of rotatable bonds is 3. The van der Waals surface area contributed by atoms with E-state index in [9.17, 15) is 19.3 Å². The summed E-state index contributed by atoms with van der Waals surface area (Å²) in [5.41, 5.74) is -0.889. The van der Waals surface area contributed by atoms with Crippen LogP contribution in [-0.4, -0.2) is 29.1 Å². The van der Waals surface area contributed by atoms with Crippen LogP contribution in [0.5, 0.6) is 0 Å². The number of anilines is 1. The van der Waals surface area contributed by atoms with Gasteiger partial charge in [0.2, 0.25) is 0 Å². The van der Waals surface area contributed by atoms with E-state index in [-0.39, 0.29) is 11.4 Å². The molecular weight excluding hydrogens is 279 g/mol. The Balaban J connectivity index is 2.49. The number of carboxylic acid groups (broad SMARTS) is 1. The first kappa shape index (κ1) is 15.2. The Hall–Kier alpha value is -2.18. The van der Waals surface area contributed by atoms with Crippen LogP contribution in [0.3, 0.4) is 0 Å². The Morgan fingerprint density at radius 1 is 1.38 bits per heavy atom. The summed E-state index contributed by atoms with van der Waals surface area (Å²) < 4.78 is 13.9. The molecule has 0 bridgehead atoms. The van der Waals surface area contributed by atoms with Crippen LogP contribution >= 0.6 is 0 Å². The third-order valence-electron chi connectivity index (χ3n) is 3.70. The van der Waals surface area contributed by atoms with E-state index in [0.29, 0.717) is 24.9 Å². The standard InChI is InChI=1S/C14H17FN2O4/c1-8-3-9(2)7-16(6-8)12-5-11(15)10(14(18)19)4-13(12)17(20)21/h4-5,8-9H,3,6-7H2,1-2H3,(H,18,19). The van der Waals surface area contributed by atoms with Gasteiger partial charge in [0, 0.05) is 25.2 Å². The second kappa shape index (κ2) is 5.67. The van der Waals surface area contributed by atoms with Gasteiger partial charge >= 0.3 is 5.97 Å². The summed E-state index contributed by atoms with van der Waals surface area (Å²) in [7, 11) is 0. The zero-order valence-electron chi connectivity index (χ0n) is 11.9. The molecule has 2 atom stereocenters. The van der Waals surface area contributed by atoms with Gasteiger partial charge in [0.05, 0.1) is 4.92 Å². The molecule has 1 heterocycles. The Morgan fingerprint density at radius 2 is 1.95 bits per heavy atom. The first-order chi connectivity index (χ1) is 9.79. The molecule has 114 valence electrons. The molecule has 0 radical (unpaired) electrons. The molecule has 1 aromatic carbocycles. The number of nitro groups is 1. The highest BCUT2D eigenvalue weighted by Gasteiger charge is 2.29. The molecule has 1 aliphatic heterocycles. The number of carbonyl (C=O) groups is 1. The molecule has 1 aromatic rings. The van der Waals surface area contributed by atoms with Crippen molar-refractivity contribution < 1.29 is 19.2 Å². The van der Waals surface area contributed by atoms with Crippen molar-refractivity contribution in [2.24, 2.45) is 11.8 Å². The lowest BCUT2D eigenvalue weighted by atomic mass is 9.91. The van der Waals surface area contributed by atoms with Gasteiger partial charge in [0.15, 0.2) is 0 Å². The Labute approximate surface area is 121 Å². The van der Waals surface area contributed by atoms with Gasteiger partial charge in [-0.25, -0.2) is 9.18 Å². The number of hydrogen-bond acceptors (Lipinski definition) is 4. The van der Waals surface area contributed by atoms with Crippen LogP contribution in [-0.2, 0) is 0 Å². The van der Waals surface area contributed by atoms with E-state index in [4.69, 9.17) is 5.11 Å². The van der Waals surface area contributed by atoms with Gasteiger partial charge in [-0.2, -0.15) is 0 Å². The van der Waals surface area contributed by atoms with Gasteiger partial charge in [-0.3, -0.25) is 10.1 Å². The number of halogens is 1. The van der Waals surface area contributed by atoms with Gasteiger partial charge < -0.3 is 10.0 Å². The minimum Gasteiger partial charge on any atom is -0.478 e. The minimum absolute atomic E-state index is 0.154. The second-order valence-corrected chi connectivity index (χ2v) is 5.73. The molecule has 7 heteroatoms. The molecule has 0 spiro atoms. The Morgan fingerprint density at radius 3 is 2.43 bits per heavy atom. The topological polar surface area (TPSA) is 83.7 Å². The summed E-state index contributed by atoms with van der Waals surface area (Å²) in [4.78, 5) is 23.2. The van der Waals surface area contributed by atoms with Gasteiger partial charge in [-0.1, -0.05) is 13.8 Å². The molecule has 21 heavy (non-hydrogen) atoms. The average Bonchev–Trinajstić information content (AvgIpc) is 2.36. The molecule has 1 aliphatic rings. The van der Waals surface area contributed by atoms with Crippen molar-refractivity contribution in [1.29, 1.82) is 0 Å². The maximum absolute atomic E-state index is 13.9. The maximum Gasteiger partial charge on any atom is 0.338 e. The first-order valence-corrected chi connectivity index (χ1v) is 6.75. The number of aromatic carboxylic acids is 1. The van der Waals surface area contributed by atoms with Crippen molar-refractivity contribution in [3.63, 3.8) is 0 Å². The number of nitrogens with zero attached hydrogens (tertiary/aromatic N) is 2. The smallest absolute Gasteiger partial charge is 0.338 e. The molecule has 1 saturated heterocycles. The van der Waals surface area contributed by atoms with Crippen LogP contribution in [0.2, 0.25) is 0 Å². The molecular formula is C14H17FN2O4. The summed E-state index contributed by atoms with van der Waals surface area (Å²) in [6.45, 7) is 5.26. The van der Waals surface area contributed by atoms with Crippen molar-refractivity contribution in [3.05, 3.63) is 33.6 Å². The quantitative estimate of drug-likeness (QED) is 0.685. The van der Waals surface area contributed by atoms with E-state index >= 15 is 0 Å². The summed E-state index contributed by atoms with van der Waals surface area (Å²) in [5, 5.41) is 20.1. The van der Waals surface area contributed by atoms with Crippen molar-refractivity contribution >= 4 is 17.3 Å². The number of piperidine rings is 1. The summed E-state index contributed by atoms with van der Waals surface area (Å²) in [6.07, 6.45) is 1.01. The number of hydrogen-bond donors (Lipinski definition) is 1. The van der Waals surface area contributed by atoms with Crippen LogP contribution in [0, 0.1) is 27.8 Å². The van der Waals surface area contributed by atoms with Gasteiger partial charge in [-0.15, -0.1) is 0 Å². The molecule has 0 saturated carbocycles. The van der Waals surface area contributed by atoms with Crippen molar-refractivity contribution in [2.75, 3.05) is 18.0 Å². The van der Waals surface area contributed by atoms with Gasteiger partial charge in [0.1, 0.15) is 17.1 Å². The molecule has 1 N–H and O–H groups in total. The minimum atomic E-state index is -1.51. The van der Waals surface area contributed by atoms with E-state index in [2.05, 4.69) is 0 Å². The number of benzene rings is 1. The maximum atomic E-state index is 13.9. The molecule has 1 fully saturated rings. The van der Waals surface area contributed by atoms with Crippen LogP contribution in [0.4, 0.5) is 15.8 Å². The van der Waals surface area contributed by atoms with E-state index in [1.807, 2.05) is 13.8 Å². The van der Waals surface area contributed by atoms with E-state index in [1.165, 1.54) is 0 Å². The fourth-order valence-corrected chi connectivity index (χ4v) is 2.97. The van der Waals surface area contributed by atoms with Gasteiger partial charge in [0.25, 0.3) is 5.69 Å². The van der Waals surface area contributed by atoms with Gasteiger partial charge in [-0.05, 0) is 18.3 Å². The zero-order chi connectivity index (χ0) is 15.7. The summed E-state index contributed by atoms with van der Waals surface area (Å²) >= 11 is 0. The first-order valence-electron chi connectivity index (χ1n) is 6.75. The van der Waals surface area contributed by atoms with E-state index in [0.717, 1.165) is 18.6 Å². The highest BCUT2D eigenvalue weighted by Crippen LogP contribution is 2.35. The predicted octanol–water partition coefficient (Wildman–Crippen LogP) is 2.91. The van der Waals surface area contributed by atoms with Crippen molar-refractivity contribution in [3.8, 4) is 0 Å². The lowest BCUT2D eigenvalue weighted by Crippen LogP contribution is -2.39. The molecule has 2 rings (SSSR count). The third-order valence-corrected chi connectivity index (χ3v) is 3.70. The third kappa shape index (κ3) is 3.12. The number of nitro benzene ring substituents is 1. The normalized spacial score (nSPS) is 22.1. The van der Waals surface area contributed by atoms with E-state index < -0.39 is 22.3 Å². The van der Waals surface area contributed by atoms with E-state index in [1.54, 1.807) is 4.90 Å². The van der Waals surface area contributed by atoms with Crippen molar-refractivity contribution in [1.82, 2.24) is 0 Å². The fraction of sp³-hybridized carbons (Fsp3) is 0.500. The second-order valence-electron chi connectivity index (χ2n) is 5.73. The molecule has 6 nitrogen and oxygen atoms in total. The molecule has 0 amide bonds. The summed E-state index contributed by atoms with van der Waals surface area (Å²) in [5.74, 6) is -1.78. The molecule has 0 aromatic heterocycles. The average molecular weight is 296 g/mol. The fourth-order valence-electron chi connectivity index (χ4n) is 2.97. The SMILES string of the molecule is CC1CC(C)CN(c2cc(F)c(C(=O)O)cc2[N+](=O)[O-])C1. The van der Waals surface area contributed by atoms with Crippen LogP contribution in [0.25, 0.3) is 0 Å². The monoisotopic (exact) mass is 296 g/mol. The predicted molar refractivity (Wildman–Crippen MR) is 75.2 cm³/mol. The van der Waals surface area contributed by atoms with Crippen LogP contribution < -0.4 is 4.90 Å². The zero-order valence-corrected chi connectivity index (χ0v) is 11.9. The highest BCUT2D eigenvalue weighted by atomic mass is 19.1. The Kier molecular flexibility index (Phi) is 4.11. The molecule has 2 unspecified atom stereocenters. The van der Waals surface area contributed by atoms with Crippen molar-refractivity contribution in [2.45, 2.75) is 20.3 Å². The van der Waals surface area contributed by atoms with Crippen LogP contribution in [0.1, 0.15) is 30.6 Å². The summed E-state index contributed by atoms with van der Waals surface area (Å²) in [6, 6.07) is 1.77. The largest absolute Gasteiger partial charge is 0.478 e. The van der Waals surface area contributed by atoms with Crippen LogP contribution in [0.15, 0.2) is 12.1 Å². The lowest BCUT2D eigenvalue weighted by Gasteiger charge is -2.36. The molecule has 0 aliphatic carbocycles. The number of carboxylic acids is 1.